The Kier molecular flexibility index (Phi) is 4.87. The number of carbonyl (C=O) groups excluding carboxylic acids is 1. The minimum Gasteiger partial charge on any atom is -0.508 e. The number of aromatic hydroxyl groups is 1. The molecule has 0 saturated heterocycles. The number of ether oxygens (including phenoxy) is 1. The third-order valence-corrected chi connectivity index (χ3v) is 6.61. The van der Waals surface area contributed by atoms with Crippen molar-refractivity contribution < 1.29 is 17.4 Å². The normalized spacial score (nSPS) is 25.1. The van der Waals surface area contributed by atoms with Crippen LogP contribution in [-0.4, -0.2) is 16.5 Å². The fourth-order valence-corrected chi connectivity index (χ4v) is 4.87. The highest BCUT2D eigenvalue weighted by Crippen LogP contribution is 2.54. The van der Waals surface area contributed by atoms with Crippen LogP contribution in [0.1, 0.15) is 106 Å². The van der Waals surface area contributed by atoms with E-state index in [0.717, 1.165) is 32.1 Å². The molecule has 1 fully saturated rings. The van der Waals surface area contributed by atoms with Crippen molar-refractivity contribution in [1.29, 1.82) is 0 Å². The van der Waals surface area contributed by atoms with Gasteiger partial charge in [-0.1, -0.05) is 46.5 Å². The molecule has 2 aliphatic rings. The molecule has 1 aromatic rings. The minimum absolute atomic E-state index is 0.0364. The first-order chi connectivity index (χ1) is 13.5. The van der Waals surface area contributed by atoms with Gasteiger partial charge in [0.1, 0.15) is 22.9 Å². The summed E-state index contributed by atoms with van der Waals surface area (Å²) in [7, 11) is 0. The lowest BCUT2D eigenvalue weighted by Crippen LogP contribution is -2.47. The topological polar surface area (TPSA) is 46.5 Å². The molecule has 3 rings (SSSR count). The van der Waals surface area contributed by atoms with Crippen LogP contribution in [-0.2, 0) is 10.2 Å². The van der Waals surface area contributed by atoms with E-state index >= 15 is 0 Å². The Morgan fingerprint density at radius 1 is 1.30 bits per heavy atom. The van der Waals surface area contributed by atoms with Gasteiger partial charge in [0.25, 0.3) is 0 Å². The van der Waals surface area contributed by atoms with Crippen molar-refractivity contribution in [3.63, 3.8) is 0 Å². The van der Waals surface area contributed by atoms with Crippen LogP contribution in [0.25, 0.3) is 0 Å². The van der Waals surface area contributed by atoms with Gasteiger partial charge in [-0.05, 0) is 49.8 Å². The van der Waals surface area contributed by atoms with Crippen molar-refractivity contribution in [1.82, 2.24) is 0 Å². The zero-order chi connectivity index (χ0) is 21.6. The molecule has 1 aliphatic carbocycles. The van der Waals surface area contributed by atoms with Gasteiger partial charge in [0.15, 0.2) is 0 Å². The number of carbonyl (C=O) groups is 1. The summed E-state index contributed by atoms with van der Waals surface area (Å²) in [5.41, 5.74) is 0.165. The predicted molar refractivity (Wildman–Crippen MR) is 110 cm³/mol. The molecule has 0 unspecified atom stereocenters. The van der Waals surface area contributed by atoms with Crippen LogP contribution in [0, 0.1) is 5.92 Å². The Morgan fingerprint density at radius 3 is 2.74 bits per heavy atom. The van der Waals surface area contributed by atoms with E-state index in [-0.39, 0.29) is 35.5 Å². The molecule has 1 heterocycles. The van der Waals surface area contributed by atoms with Gasteiger partial charge in [-0.3, -0.25) is 4.79 Å². The molecule has 0 aromatic heterocycles. The van der Waals surface area contributed by atoms with Gasteiger partial charge in [0.2, 0.25) is 0 Å². The van der Waals surface area contributed by atoms with Crippen molar-refractivity contribution in [2.75, 3.05) is 0 Å². The Hall–Kier alpha value is -1.51. The molecule has 1 aromatic carbocycles. The lowest BCUT2D eigenvalue weighted by atomic mass is 9.66. The number of hydrogen-bond acceptors (Lipinski definition) is 3. The van der Waals surface area contributed by atoms with E-state index in [1.807, 2.05) is 13.8 Å². The van der Waals surface area contributed by atoms with E-state index in [2.05, 4.69) is 20.8 Å². The van der Waals surface area contributed by atoms with Crippen LogP contribution in [0.3, 0.4) is 0 Å². The van der Waals surface area contributed by atoms with Crippen LogP contribution in [0.4, 0.5) is 0 Å². The minimum atomic E-state index is -0.507. The highest BCUT2D eigenvalue weighted by molar-refractivity contribution is 5.81. The predicted octanol–water partition coefficient (Wildman–Crippen LogP) is 6.26. The maximum absolute atomic E-state index is 12.2. The molecular formula is C24H36O3. The van der Waals surface area contributed by atoms with Gasteiger partial charge in [0.05, 0.1) is 2.74 Å². The van der Waals surface area contributed by atoms with E-state index in [1.54, 1.807) is 0 Å². The average Bonchev–Trinajstić information content (AvgIpc) is 2.62. The lowest BCUT2D eigenvalue weighted by Gasteiger charge is -2.47. The van der Waals surface area contributed by atoms with Crippen molar-refractivity contribution >= 4 is 5.78 Å². The molecular weight excluding hydrogens is 336 g/mol. The van der Waals surface area contributed by atoms with Crippen LogP contribution in [0.2, 0.25) is 0 Å². The van der Waals surface area contributed by atoms with E-state index in [9.17, 15) is 9.90 Å². The van der Waals surface area contributed by atoms with Gasteiger partial charge in [0, 0.05) is 30.2 Å². The first-order valence-electron chi connectivity index (χ1n) is 11.6. The van der Waals surface area contributed by atoms with Gasteiger partial charge in [-0.2, -0.15) is 0 Å². The monoisotopic (exact) mass is 374 g/mol. The third-order valence-electron chi connectivity index (χ3n) is 6.61. The fraction of sp³-hybridized carbons (Fsp3) is 0.708. The number of hydrogen-bond donors (Lipinski definition) is 1. The molecule has 27 heavy (non-hydrogen) atoms. The Balaban J connectivity index is 2.08. The van der Waals surface area contributed by atoms with Crippen molar-refractivity contribution in [2.45, 2.75) is 103 Å². The number of phenols is 1. The molecule has 0 radical (unpaired) electrons. The molecule has 1 N–H and O–H groups in total. The summed E-state index contributed by atoms with van der Waals surface area (Å²) in [6.07, 6.45) is 6.98. The highest BCUT2D eigenvalue weighted by Gasteiger charge is 2.47. The first-order valence-corrected chi connectivity index (χ1v) is 10.6. The van der Waals surface area contributed by atoms with Crippen molar-refractivity contribution in [3.8, 4) is 11.5 Å². The van der Waals surface area contributed by atoms with Crippen LogP contribution >= 0.6 is 0 Å². The van der Waals surface area contributed by atoms with Crippen LogP contribution in [0.15, 0.2) is 12.1 Å². The van der Waals surface area contributed by atoms with Gasteiger partial charge < -0.3 is 9.84 Å². The van der Waals surface area contributed by atoms with Crippen molar-refractivity contribution in [3.05, 3.63) is 23.2 Å². The van der Waals surface area contributed by atoms with Crippen LogP contribution < -0.4 is 4.74 Å². The lowest BCUT2D eigenvalue weighted by molar-refractivity contribution is -0.124. The molecule has 0 bridgehead atoms. The number of Topliss-reactive ketones (excluding diaryl/α,β-unsaturated/α-hetero) is 1. The first kappa shape index (κ1) is 17.6. The second-order valence-corrected chi connectivity index (χ2v) is 9.61. The highest BCUT2D eigenvalue weighted by atomic mass is 16.5. The summed E-state index contributed by atoms with van der Waals surface area (Å²) in [5, 5.41) is 11.1. The summed E-state index contributed by atoms with van der Waals surface area (Å²) in [6, 6.07) is 0.252. The van der Waals surface area contributed by atoms with E-state index in [1.165, 1.54) is 6.42 Å². The average molecular weight is 375 g/mol. The van der Waals surface area contributed by atoms with Crippen LogP contribution in [0.5, 0.6) is 11.5 Å². The second-order valence-electron chi connectivity index (χ2n) is 9.61. The number of fused-ring (bicyclic) bond motifs is 3. The molecule has 3 nitrogen and oxygen atoms in total. The number of rotatable bonds is 6. The summed E-state index contributed by atoms with van der Waals surface area (Å²) >= 11 is 0. The molecule has 0 amide bonds. The molecule has 3 heteroatoms. The maximum atomic E-state index is 12.2. The maximum Gasteiger partial charge on any atom is 0.133 e. The smallest absolute Gasteiger partial charge is 0.133 e. The standard InChI is InChI=1S/C24H36O3/c1-6-7-8-9-12-23(2,3)16-13-20(26)22-18-15-17(25)10-11-19(18)24(4,5)27-21(22)14-16/h13-14,18-19,26H,6-12,15H2,1-5H3/t18-,19-/m1/s1/i13D,14D. The summed E-state index contributed by atoms with van der Waals surface area (Å²) < 4.78 is 23.9. The fourth-order valence-electron chi connectivity index (χ4n) is 4.87. The number of benzene rings is 1. The molecule has 0 spiro atoms. The Labute approximate surface area is 167 Å². The summed E-state index contributed by atoms with van der Waals surface area (Å²) in [4.78, 5) is 12.2. The van der Waals surface area contributed by atoms with E-state index in [4.69, 9.17) is 7.48 Å². The molecule has 150 valence electrons. The molecule has 1 saturated carbocycles. The number of ketones is 1. The van der Waals surface area contributed by atoms with Gasteiger partial charge in [-0.15, -0.1) is 0 Å². The summed E-state index contributed by atoms with van der Waals surface area (Å²) in [6.45, 7) is 10.3. The SMILES string of the molecule is [2H]c1c(O)c2c(c([2H])c1C(C)(C)CCCCCC)OC(C)(C)[C@@H]1CCC(=O)C[C@@H]21. The van der Waals surface area contributed by atoms with Crippen molar-refractivity contribution in [2.24, 2.45) is 5.92 Å². The second kappa shape index (κ2) is 7.48. The molecule has 2 atom stereocenters. The molecule has 1 aliphatic heterocycles. The zero-order valence-corrected chi connectivity index (χ0v) is 17.6. The van der Waals surface area contributed by atoms with Gasteiger partial charge in [-0.25, -0.2) is 0 Å². The Morgan fingerprint density at radius 2 is 2.04 bits per heavy atom. The number of phenolic OH excluding ortho intramolecular Hbond substituents is 1. The largest absolute Gasteiger partial charge is 0.508 e. The van der Waals surface area contributed by atoms with Gasteiger partial charge >= 0.3 is 0 Å². The van der Waals surface area contributed by atoms with E-state index in [0.29, 0.717) is 29.7 Å². The number of unbranched alkanes of at least 4 members (excludes halogenated alkanes) is 3. The third kappa shape index (κ3) is 4.02. The summed E-state index contributed by atoms with van der Waals surface area (Å²) in [5.74, 6) is 0.409. The Bertz CT molecular complexity index is 798. The quantitative estimate of drug-likeness (QED) is 0.597. The van der Waals surface area contributed by atoms with E-state index < -0.39 is 11.0 Å². The zero-order valence-electron chi connectivity index (χ0n) is 19.6.